The summed E-state index contributed by atoms with van der Waals surface area (Å²) in [6.07, 6.45) is -1.48. The Hall–Kier alpha value is -2.28. The number of nitrogens with zero attached hydrogens (tertiary/aromatic N) is 1. The Morgan fingerprint density at radius 1 is 1.40 bits per heavy atom. The molecule has 2 unspecified atom stereocenters. The number of hydrogen-bond donors (Lipinski definition) is 2. The molecule has 2 fully saturated rings. The monoisotopic (exact) mass is 359 g/mol. The largest absolute Gasteiger partial charge is 0.471 e. The van der Waals surface area contributed by atoms with Gasteiger partial charge in [-0.15, -0.1) is 5.73 Å². The highest BCUT2D eigenvalue weighted by atomic mass is 19.4. The maximum absolute atomic E-state index is 12.5. The fourth-order valence-corrected chi connectivity index (χ4v) is 3.22. The Labute approximate surface area is 143 Å². The Kier molecular flexibility index (Phi) is 5.27. The van der Waals surface area contributed by atoms with Gasteiger partial charge in [0.15, 0.2) is 0 Å². The summed E-state index contributed by atoms with van der Waals surface area (Å²) in [6, 6.07) is -0.327. The Morgan fingerprint density at radius 2 is 2.04 bits per heavy atom. The number of hydrogen-bond acceptors (Lipinski definition) is 3. The molecule has 1 spiro atoms. The molecule has 2 aliphatic rings. The molecule has 2 N–H and O–H groups in total. The van der Waals surface area contributed by atoms with Crippen molar-refractivity contribution in [3.8, 4) is 0 Å². The van der Waals surface area contributed by atoms with Crippen molar-refractivity contribution in [1.29, 1.82) is 0 Å². The lowest BCUT2D eigenvalue weighted by Gasteiger charge is -2.30. The second kappa shape index (κ2) is 6.92. The van der Waals surface area contributed by atoms with Crippen molar-refractivity contribution in [2.24, 2.45) is 5.92 Å². The zero-order valence-corrected chi connectivity index (χ0v) is 13.8. The molecule has 0 aromatic rings. The number of alkyl halides is 3. The molecule has 1 saturated heterocycles. The SMILES string of the molecule is C=C=CC(C)C(=O)N1CCC(NC(=O)CNC(=O)C(F)(F)F)C12CC2. The quantitative estimate of drug-likeness (QED) is 0.716. The summed E-state index contributed by atoms with van der Waals surface area (Å²) in [4.78, 5) is 36.8. The van der Waals surface area contributed by atoms with Crippen LogP contribution in [0.3, 0.4) is 0 Å². The highest BCUT2D eigenvalue weighted by Gasteiger charge is 2.59. The van der Waals surface area contributed by atoms with Gasteiger partial charge in [0.1, 0.15) is 0 Å². The molecule has 0 radical (unpaired) electrons. The summed E-state index contributed by atoms with van der Waals surface area (Å²) in [5.74, 6) is -3.33. The average Bonchev–Trinajstić information content (AvgIpc) is 3.24. The third-order valence-corrected chi connectivity index (χ3v) is 4.62. The van der Waals surface area contributed by atoms with Crippen LogP contribution < -0.4 is 10.6 Å². The molecular weight excluding hydrogens is 339 g/mol. The highest BCUT2D eigenvalue weighted by molar-refractivity contribution is 5.88. The van der Waals surface area contributed by atoms with Gasteiger partial charge in [0.05, 0.1) is 24.0 Å². The molecule has 2 atom stereocenters. The van der Waals surface area contributed by atoms with Gasteiger partial charge in [-0.2, -0.15) is 13.2 Å². The van der Waals surface area contributed by atoms with Gasteiger partial charge in [0.2, 0.25) is 11.8 Å². The summed E-state index contributed by atoms with van der Waals surface area (Å²) >= 11 is 0. The van der Waals surface area contributed by atoms with E-state index in [1.54, 1.807) is 17.9 Å². The smallest absolute Gasteiger partial charge is 0.349 e. The molecular formula is C16H20F3N3O3. The number of carbonyl (C=O) groups excluding carboxylic acids is 3. The van der Waals surface area contributed by atoms with Crippen molar-refractivity contribution in [1.82, 2.24) is 15.5 Å². The summed E-state index contributed by atoms with van der Waals surface area (Å²) in [5.41, 5.74) is 2.11. The van der Waals surface area contributed by atoms with Gasteiger partial charge >= 0.3 is 12.1 Å². The number of amides is 3. The van der Waals surface area contributed by atoms with Crippen molar-refractivity contribution < 1.29 is 27.6 Å². The van der Waals surface area contributed by atoms with Crippen molar-refractivity contribution in [3.63, 3.8) is 0 Å². The summed E-state index contributed by atoms with van der Waals surface area (Å²) < 4.78 is 36.3. The predicted molar refractivity (Wildman–Crippen MR) is 82.2 cm³/mol. The van der Waals surface area contributed by atoms with E-state index in [1.807, 2.05) is 0 Å². The molecule has 9 heteroatoms. The highest BCUT2D eigenvalue weighted by Crippen LogP contribution is 2.50. The Morgan fingerprint density at radius 3 is 2.56 bits per heavy atom. The minimum atomic E-state index is -5.02. The Bertz CT molecular complexity index is 622. The van der Waals surface area contributed by atoms with Crippen LogP contribution in [0, 0.1) is 5.92 Å². The van der Waals surface area contributed by atoms with Gasteiger partial charge in [0.25, 0.3) is 0 Å². The van der Waals surface area contributed by atoms with Crippen LogP contribution in [-0.2, 0) is 14.4 Å². The molecule has 1 aliphatic carbocycles. The first-order chi connectivity index (χ1) is 11.6. The van der Waals surface area contributed by atoms with Crippen LogP contribution in [0.1, 0.15) is 26.2 Å². The first kappa shape index (κ1) is 19.1. The zero-order chi connectivity index (χ0) is 18.8. The normalized spacial score (nSPS) is 22.1. The molecule has 0 bridgehead atoms. The van der Waals surface area contributed by atoms with Gasteiger partial charge in [0, 0.05) is 6.54 Å². The van der Waals surface area contributed by atoms with Crippen LogP contribution in [0.2, 0.25) is 0 Å². The fraction of sp³-hybridized carbons (Fsp3) is 0.625. The van der Waals surface area contributed by atoms with Gasteiger partial charge < -0.3 is 15.5 Å². The molecule has 2 rings (SSSR count). The van der Waals surface area contributed by atoms with E-state index in [1.165, 1.54) is 5.32 Å². The standard InChI is InChI=1S/C16H20F3N3O3/c1-3-4-10(2)13(24)22-8-5-11(15(22)6-7-15)21-12(23)9-20-14(25)16(17,18)19/h4,10-11H,1,5-9H2,2H3,(H,20,25)(H,21,23). The summed E-state index contributed by atoms with van der Waals surface area (Å²) in [6.45, 7) is 4.89. The van der Waals surface area contributed by atoms with Crippen LogP contribution in [0.25, 0.3) is 0 Å². The fourth-order valence-electron chi connectivity index (χ4n) is 3.22. The van der Waals surface area contributed by atoms with Crippen LogP contribution in [0.5, 0.6) is 0 Å². The first-order valence-corrected chi connectivity index (χ1v) is 7.93. The van der Waals surface area contributed by atoms with Crippen LogP contribution in [0.15, 0.2) is 18.4 Å². The maximum atomic E-state index is 12.5. The van der Waals surface area contributed by atoms with Crippen molar-refractivity contribution in [2.75, 3.05) is 13.1 Å². The second-order valence-electron chi connectivity index (χ2n) is 6.34. The topological polar surface area (TPSA) is 78.5 Å². The first-order valence-electron chi connectivity index (χ1n) is 7.93. The lowest BCUT2D eigenvalue weighted by molar-refractivity contribution is -0.173. The number of rotatable bonds is 5. The van der Waals surface area contributed by atoms with E-state index >= 15 is 0 Å². The molecule has 6 nitrogen and oxygen atoms in total. The second-order valence-corrected chi connectivity index (χ2v) is 6.34. The number of carbonyl (C=O) groups is 3. The summed E-state index contributed by atoms with van der Waals surface area (Å²) in [7, 11) is 0. The molecule has 3 amide bonds. The molecule has 138 valence electrons. The van der Waals surface area contributed by atoms with Crippen molar-refractivity contribution >= 4 is 17.7 Å². The minimum Gasteiger partial charge on any atom is -0.349 e. The number of nitrogens with one attached hydrogen (secondary N) is 2. The third-order valence-electron chi connectivity index (χ3n) is 4.62. The van der Waals surface area contributed by atoms with E-state index in [0.717, 1.165) is 12.8 Å². The van der Waals surface area contributed by atoms with E-state index < -0.39 is 30.1 Å². The molecule has 0 aromatic carbocycles. The zero-order valence-electron chi connectivity index (χ0n) is 13.8. The molecule has 1 heterocycles. The molecule has 25 heavy (non-hydrogen) atoms. The van der Waals surface area contributed by atoms with E-state index in [4.69, 9.17) is 0 Å². The van der Waals surface area contributed by atoms with Crippen LogP contribution in [-0.4, -0.2) is 53.5 Å². The molecule has 1 saturated carbocycles. The summed E-state index contributed by atoms with van der Waals surface area (Å²) in [5, 5.41) is 4.18. The number of halogens is 3. The van der Waals surface area contributed by atoms with E-state index in [-0.39, 0.29) is 17.9 Å². The van der Waals surface area contributed by atoms with Crippen LogP contribution in [0.4, 0.5) is 13.2 Å². The van der Waals surface area contributed by atoms with Gasteiger partial charge in [-0.05, 0) is 32.3 Å². The molecule has 1 aliphatic heterocycles. The maximum Gasteiger partial charge on any atom is 0.471 e. The predicted octanol–water partition coefficient (Wildman–Crippen LogP) is 0.892. The molecule has 0 aromatic heterocycles. The van der Waals surface area contributed by atoms with E-state index in [0.29, 0.717) is 13.0 Å². The van der Waals surface area contributed by atoms with Gasteiger partial charge in [-0.3, -0.25) is 14.4 Å². The van der Waals surface area contributed by atoms with Gasteiger partial charge in [-0.1, -0.05) is 6.58 Å². The van der Waals surface area contributed by atoms with Crippen LogP contribution >= 0.6 is 0 Å². The van der Waals surface area contributed by atoms with E-state index in [2.05, 4.69) is 17.6 Å². The van der Waals surface area contributed by atoms with Gasteiger partial charge in [-0.25, -0.2) is 0 Å². The lowest BCUT2D eigenvalue weighted by atomic mass is 10.1. The van der Waals surface area contributed by atoms with Crippen molar-refractivity contribution in [3.05, 3.63) is 18.4 Å². The average molecular weight is 359 g/mol. The minimum absolute atomic E-state index is 0.0872. The Balaban J connectivity index is 1.92. The number of likely N-dealkylation sites (tertiary alicyclic amines) is 1. The third kappa shape index (κ3) is 4.04. The van der Waals surface area contributed by atoms with E-state index in [9.17, 15) is 27.6 Å². The van der Waals surface area contributed by atoms with Crippen molar-refractivity contribution in [2.45, 2.75) is 43.9 Å². The lowest BCUT2D eigenvalue weighted by Crippen LogP contribution is -2.52.